The molecule has 0 spiro atoms. The number of rotatable bonds is 2. The fourth-order valence-electron chi connectivity index (χ4n) is 3.18. The van der Waals surface area contributed by atoms with Gasteiger partial charge >= 0.3 is 5.97 Å². The average Bonchev–Trinajstić information content (AvgIpc) is 2.57. The smallest absolute Gasteiger partial charge is 0.324 e. The van der Waals surface area contributed by atoms with Crippen LogP contribution in [-0.4, -0.2) is 47.3 Å². The molecule has 98 valence electrons. The number of likely N-dealkylation sites (tertiary alicyclic amines) is 1. The normalized spacial score (nSPS) is 36.4. The highest BCUT2D eigenvalue weighted by Crippen LogP contribution is 2.33. The van der Waals surface area contributed by atoms with Crippen LogP contribution in [0.25, 0.3) is 0 Å². The molecule has 0 saturated carbocycles. The van der Waals surface area contributed by atoms with Gasteiger partial charge in [0.25, 0.3) is 0 Å². The molecular formula is C13H23NO3. The molecule has 0 aromatic rings. The van der Waals surface area contributed by atoms with Crippen molar-refractivity contribution in [2.24, 2.45) is 0 Å². The molecule has 4 heteroatoms. The van der Waals surface area contributed by atoms with Gasteiger partial charge in [0.2, 0.25) is 0 Å². The molecule has 2 heterocycles. The summed E-state index contributed by atoms with van der Waals surface area (Å²) in [4.78, 5) is 13.9. The molecule has 17 heavy (non-hydrogen) atoms. The Morgan fingerprint density at radius 2 is 1.94 bits per heavy atom. The van der Waals surface area contributed by atoms with Crippen LogP contribution in [0.15, 0.2) is 0 Å². The Hall–Kier alpha value is -0.610. The Balaban J connectivity index is 2.16. The van der Waals surface area contributed by atoms with Gasteiger partial charge in [-0.15, -0.1) is 0 Å². The standard InChI is InChI=1S/C13H23NO3/c1-11-10-13(12(15)16,6-9-17-11)14-7-4-2-3-5-8-14/h11H,2-10H2,1H3,(H,15,16). The summed E-state index contributed by atoms with van der Waals surface area (Å²) in [7, 11) is 0. The second kappa shape index (κ2) is 5.36. The first-order valence-corrected chi connectivity index (χ1v) is 6.75. The van der Waals surface area contributed by atoms with Crippen molar-refractivity contribution in [3.8, 4) is 0 Å². The summed E-state index contributed by atoms with van der Waals surface area (Å²) in [6.07, 6.45) is 6.04. The first-order valence-electron chi connectivity index (χ1n) is 6.75. The first-order chi connectivity index (χ1) is 8.15. The van der Waals surface area contributed by atoms with Crippen molar-refractivity contribution in [2.45, 2.75) is 57.1 Å². The molecule has 2 atom stereocenters. The van der Waals surface area contributed by atoms with Crippen molar-refractivity contribution in [3.05, 3.63) is 0 Å². The highest BCUT2D eigenvalue weighted by Gasteiger charge is 2.47. The zero-order valence-electron chi connectivity index (χ0n) is 10.7. The Kier molecular flexibility index (Phi) is 4.05. The van der Waals surface area contributed by atoms with Gasteiger partial charge in [-0.3, -0.25) is 9.69 Å². The van der Waals surface area contributed by atoms with E-state index in [2.05, 4.69) is 4.90 Å². The van der Waals surface area contributed by atoms with Crippen LogP contribution in [0.5, 0.6) is 0 Å². The number of ether oxygens (including phenoxy) is 1. The van der Waals surface area contributed by atoms with E-state index in [0.717, 1.165) is 25.9 Å². The van der Waals surface area contributed by atoms with Crippen molar-refractivity contribution in [1.82, 2.24) is 4.90 Å². The van der Waals surface area contributed by atoms with Crippen LogP contribution < -0.4 is 0 Å². The minimum absolute atomic E-state index is 0.0584. The fourth-order valence-corrected chi connectivity index (χ4v) is 3.18. The van der Waals surface area contributed by atoms with E-state index < -0.39 is 11.5 Å². The lowest BCUT2D eigenvalue weighted by Crippen LogP contribution is -2.59. The van der Waals surface area contributed by atoms with Gasteiger partial charge in [0.15, 0.2) is 0 Å². The highest BCUT2D eigenvalue weighted by molar-refractivity contribution is 5.79. The summed E-state index contributed by atoms with van der Waals surface area (Å²) >= 11 is 0. The summed E-state index contributed by atoms with van der Waals surface area (Å²) in [5, 5.41) is 9.65. The van der Waals surface area contributed by atoms with E-state index >= 15 is 0 Å². The SMILES string of the molecule is CC1CC(C(=O)O)(N2CCCCCC2)CCO1. The Morgan fingerprint density at radius 1 is 1.29 bits per heavy atom. The summed E-state index contributed by atoms with van der Waals surface area (Å²) in [5.74, 6) is -0.658. The molecule has 0 radical (unpaired) electrons. The van der Waals surface area contributed by atoms with Crippen molar-refractivity contribution >= 4 is 5.97 Å². The molecule has 0 aromatic carbocycles. The summed E-state index contributed by atoms with van der Waals surface area (Å²) in [5.41, 5.74) is -0.665. The lowest BCUT2D eigenvalue weighted by Gasteiger charge is -2.44. The van der Waals surface area contributed by atoms with Crippen LogP contribution in [0.2, 0.25) is 0 Å². The average molecular weight is 241 g/mol. The van der Waals surface area contributed by atoms with Gasteiger partial charge in [-0.05, 0) is 39.3 Å². The van der Waals surface area contributed by atoms with Crippen LogP contribution in [0.4, 0.5) is 0 Å². The Morgan fingerprint density at radius 3 is 2.47 bits per heavy atom. The van der Waals surface area contributed by atoms with E-state index in [0.29, 0.717) is 19.4 Å². The molecule has 0 aliphatic carbocycles. The zero-order chi connectivity index (χ0) is 12.3. The van der Waals surface area contributed by atoms with Gasteiger partial charge in [-0.2, -0.15) is 0 Å². The third kappa shape index (κ3) is 2.63. The molecule has 0 amide bonds. The van der Waals surface area contributed by atoms with Crippen LogP contribution >= 0.6 is 0 Å². The number of carbonyl (C=O) groups is 1. The van der Waals surface area contributed by atoms with Crippen LogP contribution in [0.1, 0.15) is 45.4 Å². The topological polar surface area (TPSA) is 49.8 Å². The van der Waals surface area contributed by atoms with Gasteiger partial charge in [-0.25, -0.2) is 0 Å². The van der Waals surface area contributed by atoms with Gasteiger partial charge in [-0.1, -0.05) is 12.8 Å². The molecule has 0 aromatic heterocycles. The third-order valence-corrected chi connectivity index (χ3v) is 4.15. The predicted molar refractivity (Wildman–Crippen MR) is 65.1 cm³/mol. The summed E-state index contributed by atoms with van der Waals surface area (Å²) in [6.45, 7) is 4.41. The third-order valence-electron chi connectivity index (χ3n) is 4.15. The number of hydrogen-bond donors (Lipinski definition) is 1. The van der Waals surface area contributed by atoms with Crippen molar-refractivity contribution in [1.29, 1.82) is 0 Å². The van der Waals surface area contributed by atoms with Gasteiger partial charge in [0.1, 0.15) is 5.54 Å². The molecule has 2 unspecified atom stereocenters. The Bertz CT molecular complexity index is 274. The first kappa shape index (κ1) is 12.8. The van der Waals surface area contributed by atoms with Crippen molar-refractivity contribution < 1.29 is 14.6 Å². The van der Waals surface area contributed by atoms with E-state index in [-0.39, 0.29) is 6.10 Å². The lowest BCUT2D eigenvalue weighted by molar-refractivity contribution is -0.162. The van der Waals surface area contributed by atoms with Crippen LogP contribution in [0, 0.1) is 0 Å². The molecule has 2 fully saturated rings. The number of aliphatic carboxylic acids is 1. The molecule has 2 aliphatic rings. The number of carboxylic acid groups (broad SMARTS) is 1. The molecule has 2 saturated heterocycles. The molecular weight excluding hydrogens is 218 g/mol. The molecule has 2 aliphatic heterocycles. The largest absolute Gasteiger partial charge is 0.480 e. The summed E-state index contributed by atoms with van der Waals surface area (Å²) < 4.78 is 5.52. The molecule has 0 bridgehead atoms. The van der Waals surface area contributed by atoms with E-state index in [9.17, 15) is 9.90 Å². The second-order valence-corrected chi connectivity index (χ2v) is 5.37. The fraction of sp³-hybridized carbons (Fsp3) is 0.923. The van der Waals surface area contributed by atoms with Crippen LogP contribution in [0.3, 0.4) is 0 Å². The van der Waals surface area contributed by atoms with Crippen molar-refractivity contribution in [3.63, 3.8) is 0 Å². The van der Waals surface area contributed by atoms with Gasteiger partial charge in [0.05, 0.1) is 6.10 Å². The van der Waals surface area contributed by atoms with E-state index in [4.69, 9.17) is 4.74 Å². The number of carboxylic acids is 1. The maximum atomic E-state index is 11.7. The monoisotopic (exact) mass is 241 g/mol. The predicted octanol–water partition coefficient (Wildman–Crippen LogP) is 1.88. The maximum Gasteiger partial charge on any atom is 0.324 e. The van der Waals surface area contributed by atoms with E-state index in [1.165, 1.54) is 12.8 Å². The number of nitrogens with zero attached hydrogens (tertiary/aromatic N) is 1. The summed E-state index contributed by atoms with van der Waals surface area (Å²) in [6, 6.07) is 0. The van der Waals surface area contributed by atoms with Gasteiger partial charge in [0, 0.05) is 13.0 Å². The van der Waals surface area contributed by atoms with Crippen molar-refractivity contribution in [2.75, 3.05) is 19.7 Å². The highest BCUT2D eigenvalue weighted by atomic mass is 16.5. The molecule has 4 nitrogen and oxygen atoms in total. The minimum Gasteiger partial charge on any atom is -0.480 e. The number of hydrogen-bond acceptors (Lipinski definition) is 3. The van der Waals surface area contributed by atoms with Gasteiger partial charge < -0.3 is 9.84 Å². The quantitative estimate of drug-likeness (QED) is 0.802. The zero-order valence-corrected chi connectivity index (χ0v) is 10.7. The lowest BCUT2D eigenvalue weighted by atomic mass is 9.85. The molecule has 2 rings (SSSR count). The second-order valence-electron chi connectivity index (χ2n) is 5.37. The van der Waals surface area contributed by atoms with Crippen LogP contribution in [-0.2, 0) is 9.53 Å². The Labute approximate surface area is 103 Å². The molecule has 1 N–H and O–H groups in total. The minimum atomic E-state index is -0.665. The maximum absolute atomic E-state index is 11.7. The van der Waals surface area contributed by atoms with E-state index in [1.807, 2.05) is 6.92 Å². The van der Waals surface area contributed by atoms with E-state index in [1.54, 1.807) is 0 Å².